The summed E-state index contributed by atoms with van der Waals surface area (Å²) in [6.45, 7) is 3.78. The molecule has 2 atom stereocenters. The second-order valence-electron chi connectivity index (χ2n) is 4.30. The highest BCUT2D eigenvalue weighted by molar-refractivity contribution is 4.86. The summed E-state index contributed by atoms with van der Waals surface area (Å²) in [4.78, 5) is 2.56. The van der Waals surface area contributed by atoms with E-state index in [1.54, 1.807) is 0 Å². The van der Waals surface area contributed by atoms with E-state index in [1.807, 2.05) is 0 Å². The van der Waals surface area contributed by atoms with E-state index in [9.17, 15) is 0 Å². The van der Waals surface area contributed by atoms with Crippen LogP contribution in [0.5, 0.6) is 0 Å². The molecule has 2 aliphatic rings. The molecular formula is C10H20N2. The maximum atomic E-state index is 3.50. The maximum absolute atomic E-state index is 3.50. The fraction of sp³-hybridized carbons (Fsp3) is 1.00. The Hall–Kier alpha value is -0.0800. The SMILES string of the molecule is CN1CCCC[C@@H]2CCNC[C@H]21. The molecule has 2 nitrogen and oxygen atoms in total. The summed E-state index contributed by atoms with van der Waals surface area (Å²) in [7, 11) is 2.29. The largest absolute Gasteiger partial charge is 0.315 e. The first kappa shape index (κ1) is 8.52. The van der Waals surface area contributed by atoms with Crippen molar-refractivity contribution in [3.8, 4) is 0 Å². The quantitative estimate of drug-likeness (QED) is 0.582. The second kappa shape index (κ2) is 3.75. The van der Waals surface area contributed by atoms with Gasteiger partial charge >= 0.3 is 0 Å². The third-order valence-electron chi connectivity index (χ3n) is 3.49. The monoisotopic (exact) mass is 168 g/mol. The Morgan fingerprint density at radius 2 is 2.17 bits per heavy atom. The molecule has 70 valence electrons. The molecule has 0 aliphatic carbocycles. The number of nitrogens with zero attached hydrogens (tertiary/aromatic N) is 1. The van der Waals surface area contributed by atoms with Crippen molar-refractivity contribution >= 4 is 0 Å². The molecule has 2 aliphatic heterocycles. The number of likely N-dealkylation sites (N-methyl/N-ethyl adjacent to an activating group) is 1. The fourth-order valence-electron chi connectivity index (χ4n) is 2.68. The van der Waals surface area contributed by atoms with Crippen LogP contribution < -0.4 is 5.32 Å². The third kappa shape index (κ3) is 1.64. The van der Waals surface area contributed by atoms with Crippen LogP contribution in [-0.2, 0) is 0 Å². The van der Waals surface area contributed by atoms with Gasteiger partial charge in [0.25, 0.3) is 0 Å². The summed E-state index contributed by atoms with van der Waals surface area (Å²) >= 11 is 0. The lowest BCUT2D eigenvalue weighted by molar-refractivity contribution is 0.156. The minimum Gasteiger partial charge on any atom is -0.315 e. The average molecular weight is 168 g/mol. The van der Waals surface area contributed by atoms with Gasteiger partial charge in [-0.1, -0.05) is 6.42 Å². The molecule has 1 N–H and O–H groups in total. The molecule has 0 saturated carbocycles. The van der Waals surface area contributed by atoms with Gasteiger partial charge in [0.05, 0.1) is 0 Å². The van der Waals surface area contributed by atoms with Gasteiger partial charge < -0.3 is 10.2 Å². The Bertz CT molecular complexity index is 147. The maximum Gasteiger partial charge on any atom is 0.0246 e. The molecule has 2 heterocycles. The van der Waals surface area contributed by atoms with Gasteiger partial charge in [-0.25, -0.2) is 0 Å². The van der Waals surface area contributed by atoms with E-state index in [4.69, 9.17) is 0 Å². The number of likely N-dealkylation sites (tertiary alicyclic amines) is 1. The molecule has 2 saturated heterocycles. The van der Waals surface area contributed by atoms with E-state index in [0.717, 1.165) is 12.0 Å². The van der Waals surface area contributed by atoms with Gasteiger partial charge in [0, 0.05) is 12.6 Å². The summed E-state index contributed by atoms with van der Waals surface area (Å²) in [6, 6.07) is 0.834. The fourth-order valence-corrected chi connectivity index (χ4v) is 2.68. The topological polar surface area (TPSA) is 15.3 Å². The van der Waals surface area contributed by atoms with E-state index in [2.05, 4.69) is 17.3 Å². The Labute approximate surface area is 75.3 Å². The number of piperidine rings is 1. The van der Waals surface area contributed by atoms with Crippen LogP contribution in [0.4, 0.5) is 0 Å². The van der Waals surface area contributed by atoms with Crippen molar-refractivity contribution in [2.24, 2.45) is 5.92 Å². The van der Waals surface area contributed by atoms with Crippen LogP contribution in [0.15, 0.2) is 0 Å². The number of hydrogen-bond acceptors (Lipinski definition) is 2. The smallest absolute Gasteiger partial charge is 0.0246 e. The minimum atomic E-state index is 0.834. The highest BCUT2D eigenvalue weighted by Gasteiger charge is 2.29. The van der Waals surface area contributed by atoms with Crippen LogP contribution in [0.1, 0.15) is 25.7 Å². The lowest BCUT2D eigenvalue weighted by Gasteiger charge is -2.36. The van der Waals surface area contributed by atoms with Crippen molar-refractivity contribution in [1.29, 1.82) is 0 Å². The highest BCUT2D eigenvalue weighted by atomic mass is 15.2. The summed E-state index contributed by atoms with van der Waals surface area (Å²) in [5.41, 5.74) is 0. The van der Waals surface area contributed by atoms with Crippen LogP contribution in [0.2, 0.25) is 0 Å². The van der Waals surface area contributed by atoms with Crippen molar-refractivity contribution in [2.75, 3.05) is 26.7 Å². The summed E-state index contributed by atoms with van der Waals surface area (Å²) < 4.78 is 0. The molecule has 0 aromatic rings. The van der Waals surface area contributed by atoms with Gasteiger partial charge in [-0.15, -0.1) is 0 Å². The molecule has 12 heavy (non-hydrogen) atoms. The first-order chi connectivity index (χ1) is 5.88. The van der Waals surface area contributed by atoms with E-state index in [1.165, 1.54) is 45.3 Å². The zero-order chi connectivity index (χ0) is 8.39. The predicted octanol–water partition coefficient (Wildman–Crippen LogP) is 1.08. The Morgan fingerprint density at radius 1 is 1.25 bits per heavy atom. The van der Waals surface area contributed by atoms with E-state index < -0.39 is 0 Å². The van der Waals surface area contributed by atoms with Gasteiger partial charge in [-0.2, -0.15) is 0 Å². The lowest BCUT2D eigenvalue weighted by Crippen LogP contribution is -2.48. The molecule has 0 aromatic carbocycles. The third-order valence-corrected chi connectivity index (χ3v) is 3.49. The normalized spacial score (nSPS) is 38.8. The van der Waals surface area contributed by atoms with Gasteiger partial charge in [0.15, 0.2) is 0 Å². The second-order valence-corrected chi connectivity index (χ2v) is 4.30. The Morgan fingerprint density at radius 3 is 3.08 bits per heavy atom. The first-order valence-corrected chi connectivity index (χ1v) is 5.29. The van der Waals surface area contributed by atoms with Crippen molar-refractivity contribution in [3.05, 3.63) is 0 Å². The van der Waals surface area contributed by atoms with Crippen LogP contribution in [-0.4, -0.2) is 37.6 Å². The van der Waals surface area contributed by atoms with E-state index >= 15 is 0 Å². The van der Waals surface area contributed by atoms with Gasteiger partial charge in [-0.05, 0) is 45.3 Å². The zero-order valence-corrected chi connectivity index (χ0v) is 8.05. The first-order valence-electron chi connectivity index (χ1n) is 5.29. The Balaban J connectivity index is 2.01. The van der Waals surface area contributed by atoms with Crippen molar-refractivity contribution < 1.29 is 0 Å². The molecular weight excluding hydrogens is 148 g/mol. The van der Waals surface area contributed by atoms with Crippen LogP contribution >= 0.6 is 0 Å². The molecule has 0 aromatic heterocycles. The Kier molecular flexibility index (Phi) is 2.66. The zero-order valence-electron chi connectivity index (χ0n) is 8.05. The standard InChI is InChI=1S/C10H20N2/c1-12-7-3-2-4-9-5-6-11-8-10(9)12/h9-11H,2-8H2,1H3/t9-,10-/m1/s1. The minimum absolute atomic E-state index is 0.834. The number of nitrogens with one attached hydrogen (secondary N) is 1. The van der Waals surface area contributed by atoms with E-state index in [-0.39, 0.29) is 0 Å². The van der Waals surface area contributed by atoms with Crippen LogP contribution in [0.25, 0.3) is 0 Å². The van der Waals surface area contributed by atoms with Crippen molar-refractivity contribution in [2.45, 2.75) is 31.7 Å². The van der Waals surface area contributed by atoms with Gasteiger partial charge in [0.2, 0.25) is 0 Å². The summed E-state index contributed by atoms with van der Waals surface area (Å²) in [5, 5.41) is 3.50. The number of fused-ring (bicyclic) bond motifs is 1. The predicted molar refractivity (Wildman–Crippen MR) is 51.2 cm³/mol. The highest BCUT2D eigenvalue weighted by Crippen LogP contribution is 2.26. The van der Waals surface area contributed by atoms with E-state index in [0.29, 0.717) is 0 Å². The summed E-state index contributed by atoms with van der Waals surface area (Å²) in [5.74, 6) is 0.985. The van der Waals surface area contributed by atoms with Crippen LogP contribution in [0.3, 0.4) is 0 Å². The van der Waals surface area contributed by atoms with Crippen molar-refractivity contribution in [1.82, 2.24) is 10.2 Å². The molecule has 0 amide bonds. The summed E-state index contributed by atoms with van der Waals surface area (Å²) in [6.07, 6.45) is 5.72. The lowest BCUT2D eigenvalue weighted by atomic mass is 9.89. The van der Waals surface area contributed by atoms with Crippen molar-refractivity contribution in [3.63, 3.8) is 0 Å². The number of hydrogen-bond donors (Lipinski definition) is 1. The molecule has 0 unspecified atom stereocenters. The molecule has 2 fully saturated rings. The van der Waals surface area contributed by atoms with Gasteiger partial charge in [-0.3, -0.25) is 0 Å². The number of rotatable bonds is 0. The average Bonchev–Trinajstić information content (AvgIpc) is 2.29. The van der Waals surface area contributed by atoms with Crippen LogP contribution in [0, 0.1) is 5.92 Å². The molecule has 2 heteroatoms. The molecule has 0 radical (unpaired) electrons. The molecule has 0 spiro atoms. The van der Waals surface area contributed by atoms with Gasteiger partial charge in [0.1, 0.15) is 0 Å². The molecule has 2 rings (SSSR count). The molecule has 0 bridgehead atoms.